The number of benzene rings is 1. The Bertz CT molecular complexity index is 525. The summed E-state index contributed by atoms with van der Waals surface area (Å²) in [6, 6.07) is 5.35. The lowest BCUT2D eigenvalue weighted by atomic mass is 10.2. The van der Waals surface area contributed by atoms with Crippen LogP contribution in [0.5, 0.6) is 11.5 Å². The Hall–Kier alpha value is -1.79. The summed E-state index contributed by atoms with van der Waals surface area (Å²) < 4.78 is 16.2. The minimum Gasteiger partial charge on any atom is -0.497 e. The van der Waals surface area contributed by atoms with Gasteiger partial charge < -0.3 is 24.4 Å². The zero-order chi connectivity index (χ0) is 16.8. The van der Waals surface area contributed by atoms with Gasteiger partial charge in [-0.3, -0.25) is 4.79 Å². The van der Waals surface area contributed by atoms with E-state index in [4.69, 9.17) is 14.2 Å². The van der Waals surface area contributed by atoms with Crippen LogP contribution in [0.4, 0.5) is 5.69 Å². The lowest BCUT2D eigenvalue weighted by Gasteiger charge is -2.32. The number of quaternary nitrogens is 1. The van der Waals surface area contributed by atoms with Crippen molar-refractivity contribution in [2.45, 2.75) is 32.5 Å². The Labute approximate surface area is 137 Å². The molecule has 0 saturated carbocycles. The highest BCUT2D eigenvalue weighted by atomic mass is 16.5. The van der Waals surface area contributed by atoms with Crippen molar-refractivity contribution >= 4 is 11.6 Å². The van der Waals surface area contributed by atoms with Crippen molar-refractivity contribution in [3.05, 3.63) is 18.2 Å². The Morgan fingerprint density at radius 3 is 2.57 bits per heavy atom. The van der Waals surface area contributed by atoms with Gasteiger partial charge in [0.15, 0.2) is 0 Å². The van der Waals surface area contributed by atoms with Crippen molar-refractivity contribution < 1.29 is 23.9 Å². The summed E-state index contributed by atoms with van der Waals surface area (Å²) >= 11 is 0. The normalized spacial score (nSPS) is 24.1. The van der Waals surface area contributed by atoms with Gasteiger partial charge in [0.05, 0.1) is 32.9 Å². The van der Waals surface area contributed by atoms with E-state index in [2.05, 4.69) is 19.2 Å². The van der Waals surface area contributed by atoms with E-state index in [1.165, 1.54) is 4.90 Å². The first-order valence-corrected chi connectivity index (χ1v) is 8.02. The summed E-state index contributed by atoms with van der Waals surface area (Å²) in [6.07, 6.45) is 0.959. The molecule has 1 heterocycles. The molecule has 2 unspecified atom stereocenters. The van der Waals surface area contributed by atoms with Crippen molar-refractivity contribution in [2.75, 3.05) is 39.2 Å². The molecule has 1 amide bonds. The lowest BCUT2D eigenvalue weighted by molar-refractivity contribution is -0.914. The zero-order valence-corrected chi connectivity index (χ0v) is 14.3. The fourth-order valence-corrected chi connectivity index (χ4v) is 3.01. The molecule has 0 aromatic heterocycles. The van der Waals surface area contributed by atoms with E-state index < -0.39 is 0 Å². The molecular weight excluding hydrogens is 296 g/mol. The number of anilines is 1. The number of nitrogens with one attached hydrogen (secondary N) is 2. The van der Waals surface area contributed by atoms with Crippen molar-refractivity contribution in [1.82, 2.24) is 0 Å². The Kier molecular flexibility index (Phi) is 6.24. The third kappa shape index (κ3) is 5.11. The minimum atomic E-state index is -0.0177. The predicted molar refractivity (Wildman–Crippen MR) is 88.4 cm³/mol. The number of carbonyl (C=O) groups excluding carboxylic acids is 1. The molecule has 1 aliphatic rings. The van der Waals surface area contributed by atoms with E-state index in [-0.39, 0.29) is 18.1 Å². The van der Waals surface area contributed by atoms with E-state index >= 15 is 0 Å². The first-order chi connectivity index (χ1) is 11.0. The van der Waals surface area contributed by atoms with Crippen molar-refractivity contribution in [3.63, 3.8) is 0 Å². The SMILES string of the molecule is COc1ccc(OC)c(NC(=O)CC[NH+]2CC(C)OC(C)C2)c1. The van der Waals surface area contributed by atoms with E-state index in [1.54, 1.807) is 32.4 Å². The molecular formula is C17H27N2O4+. The molecule has 1 aromatic carbocycles. The Morgan fingerprint density at radius 2 is 1.96 bits per heavy atom. The van der Waals surface area contributed by atoms with Gasteiger partial charge in [0.1, 0.15) is 36.8 Å². The number of hydrogen-bond acceptors (Lipinski definition) is 4. The predicted octanol–water partition coefficient (Wildman–Crippen LogP) is 0.725. The Balaban J connectivity index is 1.89. The van der Waals surface area contributed by atoms with Gasteiger partial charge in [-0.1, -0.05) is 0 Å². The molecule has 1 fully saturated rings. The van der Waals surface area contributed by atoms with Gasteiger partial charge in [-0.2, -0.15) is 0 Å². The van der Waals surface area contributed by atoms with Gasteiger partial charge in [-0.15, -0.1) is 0 Å². The second-order valence-corrected chi connectivity index (χ2v) is 6.03. The number of hydrogen-bond donors (Lipinski definition) is 2. The number of ether oxygens (including phenoxy) is 3. The van der Waals surface area contributed by atoms with Gasteiger partial charge in [-0.05, 0) is 26.0 Å². The number of methoxy groups -OCH3 is 2. The fourth-order valence-electron chi connectivity index (χ4n) is 3.01. The smallest absolute Gasteiger partial charge is 0.230 e. The highest BCUT2D eigenvalue weighted by Crippen LogP contribution is 2.28. The number of amides is 1. The largest absolute Gasteiger partial charge is 0.497 e. The average molecular weight is 323 g/mol. The van der Waals surface area contributed by atoms with Crippen LogP contribution in [-0.4, -0.2) is 52.0 Å². The summed E-state index contributed by atoms with van der Waals surface area (Å²) in [5.74, 6) is 1.29. The van der Waals surface area contributed by atoms with Crippen LogP contribution in [0.1, 0.15) is 20.3 Å². The van der Waals surface area contributed by atoms with Crippen LogP contribution in [0.2, 0.25) is 0 Å². The average Bonchev–Trinajstić information content (AvgIpc) is 2.52. The molecule has 128 valence electrons. The van der Waals surface area contributed by atoms with E-state index in [0.717, 1.165) is 19.6 Å². The molecule has 1 aliphatic heterocycles. The highest BCUT2D eigenvalue weighted by Gasteiger charge is 2.25. The maximum atomic E-state index is 12.2. The van der Waals surface area contributed by atoms with Crippen LogP contribution in [-0.2, 0) is 9.53 Å². The third-order valence-electron chi connectivity index (χ3n) is 4.00. The first-order valence-electron chi connectivity index (χ1n) is 8.02. The van der Waals surface area contributed by atoms with Crippen LogP contribution >= 0.6 is 0 Å². The van der Waals surface area contributed by atoms with E-state index in [0.29, 0.717) is 23.6 Å². The van der Waals surface area contributed by atoms with Crippen LogP contribution < -0.4 is 19.7 Å². The molecule has 2 atom stereocenters. The third-order valence-corrected chi connectivity index (χ3v) is 4.00. The summed E-state index contributed by atoms with van der Waals surface area (Å²) in [4.78, 5) is 13.6. The second-order valence-electron chi connectivity index (χ2n) is 6.03. The van der Waals surface area contributed by atoms with Gasteiger partial charge in [0, 0.05) is 6.07 Å². The first kappa shape index (κ1) is 17.6. The van der Waals surface area contributed by atoms with E-state index in [1.807, 2.05) is 0 Å². The molecule has 2 N–H and O–H groups in total. The highest BCUT2D eigenvalue weighted by molar-refractivity contribution is 5.92. The topological polar surface area (TPSA) is 61.2 Å². The summed E-state index contributed by atoms with van der Waals surface area (Å²) in [5.41, 5.74) is 0.635. The van der Waals surface area contributed by atoms with Crippen LogP contribution in [0.3, 0.4) is 0 Å². The van der Waals surface area contributed by atoms with Gasteiger partial charge in [-0.25, -0.2) is 0 Å². The van der Waals surface area contributed by atoms with Gasteiger partial charge >= 0.3 is 0 Å². The quantitative estimate of drug-likeness (QED) is 0.810. The maximum absolute atomic E-state index is 12.2. The molecule has 6 heteroatoms. The maximum Gasteiger partial charge on any atom is 0.230 e. The molecule has 0 aliphatic carbocycles. The van der Waals surface area contributed by atoms with Crippen LogP contribution in [0.15, 0.2) is 18.2 Å². The van der Waals surface area contributed by atoms with Crippen LogP contribution in [0.25, 0.3) is 0 Å². The molecule has 0 radical (unpaired) electrons. The molecule has 23 heavy (non-hydrogen) atoms. The molecule has 0 spiro atoms. The number of morpholine rings is 1. The summed E-state index contributed by atoms with van der Waals surface area (Å²) in [6.45, 7) is 6.85. The zero-order valence-electron chi connectivity index (χ0n) is 14.3. The monoisotopic (exact) mass is 323 g/mol. The van der Waals surface area contributed by atoms with Crippen molar-refractivity contribution in [3.8, 4) is 11.5 Å². The number of carbonyl (C=O) groups is 1. The number of rotatable bonds is 6. The molecule has 2 rings (SSSR count). The van der Waals surface area contributed by atoms with Gasteiger partial charge in [0.25, 0.3) is 0 Å². The standard InChI is InChI=1S/C17H26N2O4/c1-12-10-19(11-13(2)23-12)8-7-17(20)18-15-9-14(21-3)5-6-16(15)22-4/h5-6,9,12-13H,7-8,10-11H2,1-4H3,(H,18,20)/p+1. The van der Waals surface area contributed by atoms with Gasteiger partial charge in [0.2, 0.25) is 5.91 Å². The molecule has 1 saturated heterocycles. The van der Waals surface area contributed by atoms with Crippen molar-refractivity contribution in [1.29, 1.82) is 0 Å². The van der Waals surface area contributed by atoms with Crippen molar-refractivity contribution in [2.24, 2.45) is 0 Å². The minimum absolute atomic E-state index is 0.0177. The molecule has 1 aromatic rings. The van der Waals surface area contributed by atoms with E-state index in [9.17, 15) is 4.79 Å². The molecule has 6 nitrogen and oxygen atoms in total. The fraction of sp³-hybridized carbons (Fsp3) is 0.588. The molecule has 0 bridgehead atoms. The lowest BCUT2D eigenvalue weighted by Crippen LogP contribution is -3.15. The Morgan fingerprint density at radius 1 is 1.26 bits per heavy atom. The summed E-state index contributed by atoms with van der Waals surface area (Å²) in [7, 11) is 3.18. The van der Waals surface area contributed by atoms with Crippen LogP contribution in [0, 0.1) is 0 Å². The second kappa shape index (κ2) is 8.17. The summed E-state index contributed by atoms with van der Waals surface area (Å²) in [5, 5.41) is 2.91.